The van der Waals surface area contributed by atoms with Crippen LogP contribution in [0, 0.1) is 0 Å². The second-order valence-electron chi connectivity index (χ2n) is 5.84. The van der Waals surface area contributed by atoms with Crippen LogP contribution < -0.4 is 5.32 Å². The SMILES string of the molecule is C1=CCC(c2cn3nc(NCc4ccccn4)ccc3n2)CC1.Cl. The molecule has 0 fully saturated rings. The monoisotopic (exact) mass is 341 g/mol. The predicted octanol–water partition coefficient (Wildman–Crippen LogP) is 3.98. The topological polar surface area (TPSA) is 55.1 Å². The van der Waals surface area contributed by atoms with E-state index in [-0.39, 0.29) is 12.4 Å². The van der Waals surface area contributed by atoms with Crippen LogP contribution in [-0.4, -0.2) is 19.6 Å². The fourth-order valence-corrected chi connectivity index (χ4v) is 2.94. The molecule has 0 amide bonds. The van der Waals surface area contributed by atoms with E-state index in [0.717, 1.165) is 35.7 Å². The first kappa shape index (κ1) is 16.5. The lowest BCUT2D eigenvalue weighted by Gasteiger charge is -2.14. The van der Waals surface area contributed by atoms with Crippen LogP contribution in [0.4, 0.5) is 5.82 Å². The summed E-state index contributed by atoms with van der Waals surface area (Å²) < 4.78 is 1.87. The van der Waals surface area contributed by atoms with Crippen LogP contribution in [-0.2, 0) is 6.54 Å². The summed E-state index contributed by atoms with van der Waals surface area (Å²) in [4.78, 5) is 9.03. The van der Waals surface area contributed by atoms with Gasteiger partial charge in [0, 0.05) is 12.1 Å². The number of hydrogen-bond donors (Lipinski definition) is 1. The normalized spacial score (nSPS) is 16.8. The van der Waals surface area contributed by atoms with Crippen molar-refractivity contribution < 1.29 is 0 Å². The number of imidazole rings is 1. The summed E-state index contributed by atoms with van der Waals surface area (Å²) in [5.74, 6) is 1.35. The minimum absolute atomic E-state index is 0. The van der Waals surface area contributed by atoms with Crippen molar-refractivity contribution in [3.63, 3.8) is 0 Å². The van der Waals surface area contributed by atoms with Crippen molar-refractivity contribution in [1.29, 1.82) is 0 Å². The van der Waals surface area contributed by atoms with Gasteiger partial charge in [-0.1, -0.05) is 18.2 Å². The third-order valence-corrected chi connectivity index (χ3v) is 4.20. The van der Waals surface area contributed by atoms with Crippen molar-refractivity contribution in [3.8, 4) is 0 Å². The van der Waals surface area contributed by atoms with Gasteiger partial charge < -0.3 is 5.32 Å². The van der Waals surface area contributed by atoms with E-state index >= 15 is 0 Å². The number of hydrogen-bond acceptors (Lipinski definition) is 4. The van der Waals surface area contributed by atoms with E-state index in [9.17, 15) is 0 Å². The summed E-state index contributed by atoms with van der Waals surface area (Å²) in [6.07, 6.45) is 11.8. The van der Waals surface area contributed by atoms with Crippen LogP contribution in [0.3, 0.4) is 0 Å². The van der Waals surface area contributed by atoms with E-state index in [1.165, 1.54) is 6.42 Å². The van der Waals surface area contributed by atoms with Crippen LogP contribution in [0.2, 0.25) is 0 Å². The van der Waals surface area contributed by atoms with Crippen molar-refractivity contribution in [2.24, 2.45) is 0 Å². The van der Waals surface area contributed by atoms with Gasteiger partial charge in [-0.15, -0.1) is 17.5 Å². The smallest absolute Gasteiger partial charge is 0.153 e. The average molecular weight is 342 g/mol. The van der Waals surface area contributed by atoms with Gasteiger partial charge in [-0.25, -0.2) is 9.50 Å². The molecule has 4 rings (SSSR count). The van der Waals surface area contributed by atoms with Gasteiger partial charge in [0.25, 0.3) is 0 Å². The minimum atomic E-state index is 0. The Labute approximate surface area is 147 Å². The fourth-order valence-electron chi connectivity index (χ4n) is 2.94. The number of aromatic nitrogens is 4. The van der Waals surface area contributed by atoms with Gasteiger partial charge >= 0.3 is 0 Å². The van der Waals surface area contributed by atoms with Gasteiger partial charge in [-0.3, -0.25) is 4.98 Å². The molecule has 3 aromatic rings. The highest BCUT2D eigenvalue weighted by molar-refractivity contribution is 5.85. The molecule has 1 aliphatic rings. The van der Waals surface area contributed by atoms with Crippen molar-refractivity contribution in [2.75, 3.05) is 5.32 Å². The molecule has 1 N–H and O–H groups in total. The molecule has 0 saturated carbocycles. The third kappa shape index (κ3) is 3.57. The molecular weight excluding hydrogens is 322 g/mol. The second kappa shape index (κ2) is 7.45. The Morgan fingerprint density at radius 1 is 1.17 bits per heavy atom. The molecule has 3 aromatic heterocycles. The summed E-state index contributed by atoms with van der Waals surface area (Å²) >= 11 is 0. The average Bonchev–Trinajstić information content (AvgIpc) is 3.05. The standard InChI is InChI=1S/C18H19N5.ClH/c1-2-6-14(7-3-1)16-13-23-18(21-16)10-9-17(22-23)20-12-15-8-4-5-11-19-15;/h1-2,4-5,8-11,13-14H,3,6-7,12H2,(H,20,22);1H. The maximum absolute atomic E-state index is 4.72. The van der Waals surface area contributed by atoms with Gasteiger partial charge in [0.2, 0.25) is 0 Å². The van der Waals surface area contributed by atoms with Crippen LogP contribution >= 0.6 is 12.4 Å². The molecule has 3 heterocycles. The molecule has 6 heteroatoms. The fraction of sp³-hybridized carbons (Fsp3) is 0.278. The molecular formula is C18H20ClN5. The molecule has 124 valence electrons. The molecule has 0 radical (unpaired) electrons. The van der Waals surface area contributed by atoms with Crippen LogP contribution in [0.1, 0.15) is 36.6 Å². The van der Waals surface area contributed by atoms with Gasteiger partial charge in [0.15, 0.2) is 5.65 Å². The molecule has 0 aromatic carbocycles. The number of allylic oxidation sites excluding steroid dienone is 2. The Balaban J connectivity index is 0.00000169. The summed E-state index contributed by atoms with van der Waals surface area (Å²) in [6.45, 7) is 0.661. The van der Waals surface area contributed by atoms with Gasteiger partial charge in [-0.2, -0.15) is 0 Å². The number of fused-ring (bicyclic) bond motifs is 1. The Bertz CT molecular complexity index is 828. The van der Waals surface area contributed by atoms with Crippen molar-refractivity contribution in [3.05, 3.63) is 66.3 Å². The first-order valence-electron chi connectivity index (χ1n) is 8.03. The predicted molar refractivity (Wildman–Crippen MR) is 97.5 cm³/mol. The zero-order valence-electron chi connectivity index (χ0n) is 13.3. The molecule has 0 bridgehead atoms. The highest BCUT2D eigenvalue weighted by Crippen LogP contribution is 2.28. The molecule has 0 spiro atoms. The number of nitrogens with zero attached hydrogens (tertiary/aromatic N) is 4. The Morgan fingerprint density at radius 3 is 2.92 bits per heavy atom. The molecule has 0 aliphatic heterocycles. The molecule has 1 atom stereocenters. The van der Waals surface area contributed by atoms with E-state index in [2.05, 4.69) is 33.7 Å². The Hall–Kier alpha value is -2.40. The first-order valence-corrected chi connectivity index (χ1v) is 8.03. The van der Waals surface area contributed by atoms with Crippen LogP contribution in [0.25, 0.3) is 5.65 Å². The zero-order valence-corrected chi connectivity index (χ0v) is 14.1. The molecule has 5 nitrogen and oxygen atoms in total. The summed E-state index contributed by atoms with van der Waals surface area (Å²) in [6, 6.07) is 9.88. The van der Waals surface area contributed by atoms with E-state index in [1.807, 2.05) is 34.8 Å². The molecule has 0 saturated heterocycles. The number of anilines is 1. The number of pyridine rings is 1. The van der Waals surface area contributed by atoms with Gasteiger partial charge in [0.05, 0.1) is 24.1 Å². The third-order valence-electron chi connectivity index (χ3n) is 4.20. The molecule has 1 unspecified atom stereocenters. The van der Waals surface area contributed by atoms with Crippen LogP contribution in [0.5, 0.6) is 0 Å². The van der Waals surface area contributed by atoms with Gasteiger partial charge in [-0.05, 0) is 43.5 Å². The van der Waals surface area contributed by atoms with Crippen molar-refractivity contribution in [2.45, 2.75) is 31.7 Å². The highest BCUT2D eigenvalue weighted by atomic mass is 35.5. The van der Waals surface area contributed by atoms with E-state index < -0.39 is 0 Å². The number of nitrogens with one attached hydrogen (secondary N) is 1. The maximum Gasteiger partial charge on any atom is 0.153 e. The summed E-state index contributed by atoms with van der Waals surface area (Å²) in [5, 5.41) is 7.91. The lowest BCUT2D eigenvalue weighted by Crippen LogP contribution is -2.04. The van der Waals surface area contributed by atoms with Crippen molar-refractivity contribution in [1.82, 2.24) is 19.6 Å². The van der Waals surface area contributed by atoms with Gasteiger partial charge in [0.1, 0.15) is 5.82 Å². The molecule has 1 aliphatic carbocycles. The molecule has 24 heavy (non-hydrogen) atoms. The lowest BCUT2D eigenvalue weighted by atomic mass is 9.92. The number of halogens is 1. The second-order valence-corrected chi connectivity index (χ2v) is 5.84. The first-order chi connectivity index (χ1) is 11.4. The van der Waals surface area contributed by atoms with Crippen LogP contribution in [0.15, 0.2) is 54.9 Å². The van der Waals surface area contributed by atoms with E-state index in [1.54, 1.807) is 6.20 Å². The highest BCUT2D eigenvalue weighted by Gasteiger charge is 2.16. The minimum Gasteiger partial charge on any atom is -0.363 e. The van der Waals surface area contributed by atoms with E-state index in [0.29, 0.717) is 12.5 Å². The summed E-state index contributed by atoms with van der Waals surface area (Å²) in [5.41, 5.74) is 3.04. The Kier molecular flexibility index (Phi) is 5.11. The maximum atomic E-state index is 4.72. The van der Waals surface area contributed by atoms with E-state index in [4.69, 9.17) is 4.98 Å². The van der Waals surface area contributed by atoms with Crippen molar-refractivity contribution >= 4 is 23.9 Å². The lowest BCUT2D eigenvalue weighted by molar-refractivity contribution is 0.604. The summed E-state index contributed by atoms with van der Waals surface area (Å²) in [7, 11) is 0. The number of rotatable bonds is 4. The quantitative estimate of drug-likeness (QED) is 0.729. The zero-order chi connectivity index (χ0) is 15.5. The largest absolute Gasteiger partial charge is 0.363 e. The Morgan fingerprint density at radius 2 is 2.12 bits per heavy atom.